The van der Waals surface area contributed by atoms with Crippen LogP contribution in [0.15, 0.2) is 27.4 Å². The molecular formula is C14H17N3O2. The zero-order valence-corrected chi connectivity index (χ0v) is 10.8. The van der Waals surface area contributed by atoms with Gasteiger partial charge in [0.1, 0.15) is 0 Å². The van der Waals surface area contributed by atoms with Gasteiger partial charge in [0.05, 0.1) is 6.04 Å². The van der Waals surface area contributed by atoms with Crippen LogP contribution in [-0.4, -0.2) is 10.2 Å². The van der Waals surface area contributed by atoms with Gasteiger partial charge in [-0.25, -0.2) is 9.89 Å². The zero-order chi connectivity index (χ0) is 13.4. The Balaban J connectivity index is 1.94. The lowest BCUT2D eigenvalue weighted by atomic mass is 9.88. The van der Waals surface area contributed by atoms with Gasteiger partial charge in [0.15, 0.2) is 0 Å². The number of hydrogen-bond acceptors (Lipinski definition) is 4. The van der Waals surface area contributed by atoms with Crippen molar-refractivity contribution in [2.24, 2.45) is 5.73 Å². The van der Waals surface area contributed by atoms with E-state index in [1.807, 2.05) is 6.92 Å². The molecule has 0 bridgehead atoms. The van der Waals surface area contributed by atoms with Gasteiger partial charge in [0, 0.05) is 5.92 Å². The Morgan fingerprint density at radius 3 is 3.00 bits per heavy atom. The fourth-order valence-corrected chi connectivity index (χ4v) is 2.87. The average molecular weight is 259 g/mol. The third-order valence-corrected chi connectivity index (χ3v) is 3.95. The standard InChI is InChI=1S/C14H17N3O2/c1-8(12(15)13-16-17-14(18)19-13)10-6-2-4-9-5-3-7-11(9)10/h2,4,6,8,12H,3,5,7,15H2,1H3,(H,17,18). The van der Waals surface area contributed by atoms with Crippen LogP contribution in [0.25, 0.3) is 0 Å². The van der Waals surface area contributed by atoms with Crippen LogP contribution in [0, 0.1) is 0 Å². The summed E-state index contributed by atoms with van der Waals surface area (Å²) in [7, 11) is 0. The highest BCUT2D eigenvalue weighted by molar-refractivity contribution is 5.41. The van der Waals surface area contributed by atoms with Gasteiger partial charge < -0.3 is 10.2 Å². The number of H-pyrrole nitrogens is 1. The Kier molecular flexibility index (Phi) is 2.98. The lowest BCUT2D eigenvalue weighted by molar-refractivity contribution is 0.401. The van der Waals surface area contributed by atoms with E-state index in [0.29, 0.717) is 0 Å². The Morgan fingerprint density at radius 2 is 2.26 bits per heavy atom. The van der Waals surface area contributed by atoms with Gasteiger partial charge in [-0.15, -0.1) is 5.10 Å². The molecule has 1 aliphatic rings. The maximum atomic E-state index is 11.0. The lowest BCUT2D eigenvalue weighted by Crippen LogP contribution is -2.19. The molecule has 0 fully saturated rings. The molecule has 100 valence electrons. The number of aryl methyl sites for hydroxylation is 1. The maximum Gasteiger partial charge on any atom is 0.434 e. The number of rotatable bonds is 3. The maximum absolute atomic E-state index is 11.0. The predicted octanol–water partition coefficient (Wildman–Crippen LogP) is 1.66. The second-order valence-electron chi connectivity index (χ2n) is 5.10. The number of nitrogens with one attached hydrogen (secondary N) is 1. The number of nitrogens with zero attached hydrogens (tertiary/aromatic N) is 1. The van der Waals surface area contributed by atoms with Gasteiger partial charge in [0.2, 0.25) is 5.89 Å². The predicted molar refractivity (Wildman–Crippen MR) is 70.9 cm³/mol. The van der Waals surface area contributed by atoms with E-state index in [2.05, 4.69) is 28.4 Å². The second-order valence-corrected chi connectivity index (χ2v) is 5.10. The smallest absolute Gasteiger partial charge is 0.391 e. The van der Waals surface area contributed by atoms with E-state index in [-0.39, 0.29) is 11.8 Å². The minimum Gasteiger partial charge on any atom is -0.391 e. The number of nitrogens with two attached hydrogens (primary N) is 1. The van der Waals surface area contributed by atoms with Crippen LogP contribution in [0.4, 0.5) is 0 Å². The molecular weight excluding hydrogens is 242 g/mol. The molecule has 1 aliphatic carbocycles. The van der Waals surface area contributed by atoms with Crippen LogP contribution < -0.4 is 11.5 Å². The van der Waals surface area contributed by atoms with Crippen LogP contribution in [0.5, 0.6) is 0 Å². The molecule has 5 heteroatoms. The van der Waals surface area contributed by atoms with Crippen molar-refractivity contribution in [3.63, 3.8) is 0 Å². The summed E-state index contributed by atoms with van der Waals surface area (Å²) in [5, 5.41) is 6.08. The molecule has 0 amide bonds. The lowest BCUT2D eigenvalue weighted by Gasteiger charge is -2.20. The summed E-state index contributed by atoms with van der Waals surface area (Å²) >= 11 is 0. The van der Waals surface area contributed by atoms with Crippen molar-refractivity contribution in [2.45, 2.75) is 38.1 Å². The summed E-state index contributed by atoms with van der Waals surface area (Å²) in [6, 6.07) is 5.95. The van der Waals surface area contributed by atoms with E-state index in [1.54, 1.807) is 0 Å². The van der Waals surface area contributed by atoms with Crippen molar-refractivity contribution in [3.8, 4) is 0 Å². The first-order valence-electron chi connectivity index (χ1n) is 6.58. The fraction of sp³-hybridized carbons (Fsp3) is 0.429. The van der Waals surface area contributed by atoms with Gasteiger partial charge in [-0.2, -0.15) is 0 Å². The summed E-state index contributed by atoms with van der Waals surface area (Å²) in [5.74, 6) is -0.219. The molecule has 1 heterocycles. The van der Waals surface area contributed by atoms with Crippen molar-refractivity contribution in [1.29, 1.82) is 0 Å². The van der Waals surface area contributed by atoms with E-state index >= 15 is 0 Å². The second kappa shape index (κ2) is 4.66. The number of fused-ring (bicyclic) bond motifs is 1. The number of hydrogen-bond donors (Lipinski definition) is 2. The van der Waals surface area contributed by atoms with Crippen molar-refractivity contribution in [2.75, 3.05) is 0 Å². The van der Waals surface area contributed by atoms with E-state index in [0.717, 1.165) is 12.8 Å². The first-order chi connectivity index (χ1) is 9.16. The summed E-state index contributed by atoms with van der Waals surface area (Å²) in [6.45, 7) is 2.05. The van der Waals surface area contributed by atoms with E-state index in [4.69, 9.17) is 10.2 Å². The molecule has 0 spiro atoms. The van der Waals surface area contributed by atoms with Gasteiger partial charge >= 0.3 is 5.76 Å². The van der Waals surface area contributed by atoms with Gasteiger partial charge in [-0.3, -0.25) is 0 Å². The minimum atomic E-state index is -0.559. The molecule has 19 heavy (non-hydrogen) atoms. The molecule has 1 aromatic heterocycles. The zero-order valence-electron chi connectivity index (χ0n) is 10.8. The fourth-order valence-electron chi connectivity index (χ4n) is 2.87. The molecule has 2 atom stereocenters. The van der Waals surface area contributed by atoms with Gasteiger partial charge in [0.25, 0.3) is 0 Å². The molecule has 0 saturated carbocycles. The van der Waals surface area contributed by atoms with Crippen LogP contribution in [0.1, 0.15) is 47.9 Å². The van der Waals surface area contributed by atoms with Crippen LogP contribution in [0.2, 0.25) is 0 Å². The molecule has 2 unspecified atom stereocenters. The third kappa shape index (κ3) is 2.10. The summed E-state index contributed by atoms with van der Waals surface area (Å²) in [5.41, 5.74) is 10.2. The number of aromatic amines is 1. The van der Waals surface area contributed by atoms with Crippen molar-refractivity contribution in [3.05, 3.63) is 51.3 Å². The Hall–Kier alpha value is -1.88. The first kappa shape index (κ1) is 12.2. The Morgan fingerprint density at radius 1 is 1.42 bits per heavy atom. The molecule has 5 nitrogen and oxygen atoms in total. The first-order valence-corrected chi connectivity index (χ1v) is 6.58. The molecule has 0 saturated heterocycles. The molecule has 0 aliphatic heterocycles. The summed E-state index contributed by atoms with van der Waals surface area (Å²) in [6.07, 6.45) is 3.45. The summed E-state index contributed by atoms with van der Waals surface area (Å²) < 4.78 is 4.96. The van der Waals surface area contributed by atoms with Crippen LogP contribution in [0.3, 0.4) is 0 Å². The highest BCUT2D eigenvalue weighted by Crippen LogP contribution is 2.34. The highest BCUT2D eigenvalue weighted by atomic mass is 16.4. The molecule has 2 aromatic rings. The quantitative estimate of drug-likeness (QED) is 0.877. The highest BCUT2D eigenvalue weighted by Gasteiger charge is 2.25. The largest absolute Gasteiger partial charge is 0.434 e. The monoisotopic (exact) mass is 259 g/mol. The van der Waals surface area contributed by atoms with Crippen molar-refractivity contribution in [1.82, 2.24) is 10.2 Å². The average Bonchev–Trinajstić information content (AvgIpc) is 3.04. The molecule has 3 rings (SSSR count). The van der Waals surface area contributed by atoms with Crippen molar-refractivity contribution >= 4 is 0 Å². The van der Waals surface area contributed by atoms with Crippen molar-refractivity contribution < 1.29 is 4.42 Å². The number of benzene rings is 1. The minimum absolute atomic E-state index is 0.0690. The third-order valence-electron chi connectivity index (χ3n) is 3.95. The molecule has 3 N–H and O–H groups in total. The van der Waals surface area contributed by atoms with Crippen LogP contribution in [-0.2, 0) is 12.8 Å². The SMILES string of the molecule is CC(c1cccc2c1CCC2)C(N)c1n[nH]c(=O)o1. The Labute approximate surface area is 110 Å². The number of aromatic nitrogens is 2. The van der Waals surface area contributed by atoms with Crippen LogP contribution >= 0.6 is 0 Å². The van der Waals surface area contributed by atoms with E-state index < -0.39 is 11.8 Å². The van der Waals surface area contributed by atoms with E-state index in [1.165, 1.54) is 23.1 Å². The van der Waals surface area contributed by atoms with Gasteiger partial charge in [-0.1, -0.05) is 25.1 Å². The molecule has 1 aromatic carbocycles. The molecule has 0 radical (unpaired) electrons. The van der Waals surface area contributed by atoms with E-state index in [9.17, 15) is 4.79 Å². The topological polar surface area (TPSA) is 84.9 Å². The summed E-state index contributed by atoms with van der Waals surface area (Å²) in [4.78, 5) is 11.0. The van der Waals surface area contributed by atoms with Gasteiger partial charge in [-0.05, 0) is 36.0 Å². The normalized spacial score (nSPS) is 17.2. The Bertz CT molecular complexity index is 644.